The van der Waals surface area contributed by atoms with Crippen molar-refractivity contribution in [2.45, 2.75) is 25.9 Å². The number of hydrogen-bond donors (Lipinski definition) is 1. The molecule has 0 saturated carbocycles. The Kier molecular flexibility index (Phi) is 4.53. The monoisotopic (exact) mass is 256 g/mol. The van der Waals surface area contributed by atoms with Crippen LogP contribution in [0.15, 0.2) is 48.8 Å². The van der Waals surface area contributed by atoms with Gasteiger partial charge in [0, 0.05) is 24.5 Å². The van der Waals surface area contributed by atoms with Gasteiger partial charge < -0.3 is 10.1 Å². The number of aromatic nitrogens is 1. The summed E-state index contributed by atoms with van der Waals surface area (Å²) in [5, 5.41) is 3.58. The second-order valence-corrected chi connectivity index (χ2v) is 4.67. The van der Waals surface area contributed by atoms with E-state index in [-0.39, 0.29) is 12.1 Å². The lowest BCUT2D eigenvalue weighted by molar-refractivity contribution is 0.412. The minimum Gasteiger partial charge on any atom is -0.497 e. The van der Waals surface area contributed by atoms with E-state index in [2.05, 4.69) is 36.3 Å². The zero-order valence-electron chi connectivity index (χ0n) is 11.6. The van der Waals surface area contributed by atoms with Crippen molar-refractivity contribution in [3.63, 3.8) is 0 Å². The van der Waals surface area contributed by atoms with Crippen molar-refractivity contribution < 1.29 is 4.74 Å². The van der Waals surface area contributed by atoms with Gasteiger partial charge in [0.15, 0.2) is 0 Å². The summed E-state index contributed by atoms with van der Waals surface area (Å²) in [5.74, 6) is 0.891. The molecule has 19 heavy (non-hydrogen) atoms. The highest BCUT2D eigenvalue weighted by Crippen LogP contribution is 2.22. The van der Waals surface area contributed by atoms with Gasteiger partial charge in [-0.1, -0.05) is 12.1 Å². The quantitative estimate of drug-likeness (QED) is 0.889. The lowest BCUT2D eigenvalue weighted by Gasteiger charge is -2.21. The smallest absolute Gasteiger partial charge is 0.119 e. The maximum Gasteiger partial charge on any atom is 0.119 e. The van der Waals surface area contributed by atoms with Crippen molar-refractivity contribution in [2.24, 2.45) is 0 Å². The summed E-state index contributed by atoms with van der Waals surface area (Å²) in [4.78, 5) is 4.04. The molecule has 2 aromatic rings. The molecule has 0 saturated heterocycles. The predicted molar refractivity (Wildman–Crippen MR) is 77.2 cm³/mol. The first-order valence-corrected chi connectivity index (χ1v) is 6.50. The van der Waals surface area contributed by atoms with Gasteiger partial charge in [-0.3, -0.25) is 4.98 Å². The molecular weight excluding hydrogens is 236 g/mol. The number of benzene rings is 1. The molecule has 3 heteroatoms. The standard InChI is InChI=1S/C16H20N2O/c1-12(14-7-9-17-10-8-14)18-13(2)15-5-4-6-16(11-15)19-3/h4-13,18H,1-3H3/t12-,13?/m0/s1. The SMILES string of the molecule is COc1cccc(C(C)N[C@@H](C)c2ccncc2)c1. The summed E-state index contributed by atoms with van der Waals surface area (Å²) >= 11 is 0. The first kappa shape index (κ1) is 13.6. The van der Waals surface area contributed by atoms with Crippen LogP contribution in [-0.2, 0) is 0 Å². The van der Waals surface area contributed by atoms with Crippen LogP contribution in [0.5, 0.6) is 5.75 Å². The molecule has 0 aliphatic heterocycles. The van der Waals surface area contributed by atoms with Crippen LogP contribution in [0, 0.1) is 0 Å². The molecule has 1 heterocycles. The molecule has 0 aliphatic rings. The van der Waals surface area contributed by atoms with E-state index in [1.807, 2.05) is 36.7 Å². The van der Waals surface area contributed by atoms with E-state index in [4.69, 9.17) is 4.74 Å². The van der Waals surface area contributed by atoms with Crippen LogP contribution in [0.1, 0.15) is 37.1 Å². The first-order chi connectivity index (χ1) is 9.20. The average molecular weight is 256 g/mol. The fraction of sp³-hybridized carbons (Fsp3) is 0.312. The second kappa shape index (κ2) is 6.34. The van der Waals surface area contributed by atoms with Crippen LogP contribution in [0.4, 0.5) is 0 Å². The molecule has 0 spiro atoms. The molecule has 0 fully saturated rings. The molecule has 3 nitrogen and oxygen atoms in total. The third kappa shape index (κ3) is 3.55. The van der Waals surface area contributed by atoms with E-state index in [0.29, 0.717) is 0 Å². The second-order valence-electron chi connectivity index (χ2n) is 4.67. The number of rotatable bonds is 5. The number of nitrogens with one attached hydrogen (secondary N) is 1. The highest BCUT2D eigenvalue weighted by molar-refractivity contribution is 5.30. The van der Waals surface area contributed by atoms with Gasteiger partial charge in [-0.25, -0.2) is 0 Å². The molecule has 1 aromatic carbocycles. The number of hydrogen-bond acceptors (Lipinski definition) is 3. The summed E-state index contributed by atoms with van der Waals surface area (Å²) in [7, 11) is 1.69. The van der Waals surface area contributed by atoms with Gasteiger partial charge in [0.05, 0.1) is 7.11 Å². The summed E-state index contributed by atoms with van der Waals surface area (Å²) in [6.45, 7) is 4.32. The summed E-state index contributed by atoms with van der Waals surface area (Å²) in [5.41, 5.74) is 2.46. The van der Waals surface area contributed by atoms with Crippen molar-refractivity contribution in [1.82, 2.24) is 10.3 Å². The summed E-state index contributed by atoms with van der Waals surface area (Å²) < 4.78 is 5.26. The summed E-state index contributed by atoms with van der Waals surface area (Å²) in [6.07, 6.45) is 3.65. The third-order valence-electron chi connectivity index (χ3n) is 3.30. The lowest BCUT2D eigenvalue weighted by atomic mass is 10.0. The van der Waals surface area contributed by atoms with Crippen molar-refractivity contribution in [1.29, 1.82) is 0 Å². The highest BCUT2D eigenvalue weighted by Gasteiger charge is 2.11. The maximum absolute atomic E-state index is 5.26. The lowest BCUT2D eigenvalue weighted by Crippen LogP contribution is -2.22. The Labute approximate surface area is 114 Å². The predicted octanol–water partition coefficient (Wildman–Crippen LogP) is 3.50. The minimum absolute atomic E-state index is 0.262. The number of pyridine rings is 1. The minimum atomic E-state index is 0.262. The molecular formula is C16H20N2O. The topological polar surface area (TPSA) is 34.1 Å². The zero-order chi connectivity index (χ0) is 13.7. The molecule has 1 aromatic heterocycles. The van der Waals surface area contributed by atoms with Crippen LogP contribution < -0.4 is 10.1 Å². The Morgan fingerprint density at radius 2 is 1.68 bits per heavy atom. The van der Waals surface area contributed by atoms with E-state index < -0.39 is 0 Å². The Bertz CT molecular complexity index is 513. The molecule has 2 atom stereocenters. The van der Waals surface area contributed by atoms with Crippen LogP contribution >= 0.6 is 0 Å². The Hall–Kier alpha value is -1.87. The largest absolute Gasteiger partial charge is 0.497 e. The van der Waals surface area contributed by atoms with Gasteiger partial charge in [-0.15, -0.1) is 0 Å². The molecule has 0 aliphatic carbocycles. The van der Waals surface area contributed by atoms with Gasteiger partial charge in [-0.2, -0.15) is 0 Å². The average Bonchev–Trinajstić information content (AvgIpc) is 2.48. The van der Waals surface area contributed by atoms with Gasteiger partial charge in [0.1, 0.15) is 5.75 Å². The van der Waals surface area contributed by atoms with Gasteiger partial charge in [-0.05, 0) is 49.2 Å². The van der Waals surface area contributed by atoms with Gasteiger partial charge >= 0.3 is 0 Å². The van der Waals surface area contributed by atoms with Crippen molar-refractivity contribution in [3.8, 4) is 5.75 Å². The van der Waals surface area contributed by atoms with Gasteiger partial charge in [0.25, 0.3) is 0 Å². The number of methoxy groups -OCH3 is 1. The van der Waals surface area contributed by atoms with Crippen molar-refractivity contribution in [3.05, 3.63) is 59.9 Å². The Balaban J connectivity index is 2.06. The summed E-state index contributed by atoms with van der Waals surface area (Å²) in [6, 6.07) is 12.8. The van der Waals surface area contributed by atoms with E-state index in [9.17, 15) is 0 Å². The number of ether oxygens (including phenoxy) is 1. The molecule has 100 valence electrons. The van der Waals surface area contributed by atoms with Crippen molar-refractivity contribution in [2.75, 3.05) is 7.11 Å². The first-order valence-electron chi connectivity index (χ1n) is 6.50. The van der Waals surface area contributed by atoms with Crippen LogP contribution in [0.25, 0.3) is 0 Å². The normalized spacial score (nSPS) is 13.8. The Morgan fingerprint density at radius 3 is 2.37 bits per heavy atom. The molecule has 0 radical (unpaired) electrons. The van der Waals surface area contributed by atoms with Crippen LogP contribution in [0.3, 0.4) is 0 Å². The van der Waals surface area contributed by atoms with Crippen LogP contribution in [-0.4, -0.2) is 12.1 Å². The molecule has 0 bridgehead atoms. The van der Waals surface area contributed by atoms with E-state index in [1.165, 1.54) is 11.1 Å². The highest BCUT2D eigenvalue weighted by atomic mass is 16.5. The fourth-order valence-electron chi connectivity index (χ4n) is 2.13. The molecule has 0 amide bonds. The maximum atomic E-state index is 5.26. The van der Waals surface area contributed by atoms with E-state index in [1.54, 1.807) is 7.11 Å². The van der Waals surface area contributed by atoms with E-state index in [0.717, 1.165) is 5.75 Å². The van der Waals surface area contributed by atoms with Crippen LogP contribution in [0.2, 0.25) is 0 Å². The van der Waals surface area contributed by atoms with Crippen molar-refractivity contribution >= 4 is 0 Å². The molecule has 1 N–H and O–H groups in total. The number of nitrogens with zero attached hydrogens (tertiary/aromatic N) is 1. The molecule has 1 unspecified atom stereocenters. The fourth-order valence-corrected chi connectivity index (χ4v) is 2.13. The molecule has 2 rings (SSSR count). The Morgan fingerprint density at radius 1 is 1.00 bits per heavy atom. The zero-order valence-corrected chi connectivity index (χ0v) is 11.6. The van der Waals surface area contributed by atoms with E-state index >= 15 is 0 Å². The van der Waals surface area contributed by atoms with Gasteiger partial charge in [0.2, 0.25) is 0 Å². The third-order valence-corrected chi connectivity index (χ3v) is 3.30.